The highest BCUT2D eigenvalue weighted by atomic mass is 35.5. The van der Waals surface area contributed by atoms with Crippen molar-refractivity contribution >= 4 is 45.7 Å². The molecule has 1 amide bonds. The van der Waals surface area contributed by atoms with Crippen molar-refractivity contribution in [3.63, 3.8) is 0 Å². The highest BCUT2D eigenvalue weighted by Crippen LogP contribution is 2.47. The lowest BCUT2D eigenvalue weighted by molar-refractivity contribution is -0.138. The Morgan fingerprint density at radius 3 is 2.38 bits per heavy atom. The van der Waals surface area contributed by atoms with Crippen molar-refractivity contribution in [1.29, 1.82) is 0 Å². The summed E-state index contributed by atoms with van der Waals surface area (Å²) >= 11 is 12.0. The molecule has 42 heavy (non-hydrogen) atoms. The maximum atomic E-state index is 14.2. The quantitative estimate of drug-likeness (QED) is 0.122. The van der Waals surface area contributed by atoms with Gasteiger partial charge in [-0.05, 0) is 42.5 Å². The number of nitrogens with one attached hydrogen (secondary N) is 2. The molecule has 222 valence electrons. The summed E-state index contributed by atoms with van der Waals surface area (Å²) < 4.78 is 110. The van der Waals surface area contributed by atoms with Gasteiger partial charge < -0.3 is 15.7 Å². The number of aryl methyl sites for hydroxylation is 1. The molecule has 1 aliphatic rings. The van der Waals surface area contributed by atoms with E-state index in [9.17, 15) is 45.0 Å². The van der Waals surface area contributed by atoms with E-state index in [-0.39, 0.29) is 44.4 Å². The van der Waals surface area contributed by atoms with Gasteiger partial charge in [0.05, 0.1) is 22.9 Å². The summed E-state index contributed by atoms with van der Waals surface area (Å²) in [5.41, 5.74) is -3.40. The van der Waals surface area contributed by atoms with E-state index < -0.39 is 64.4 Å². The van der Waals surface area contributed by atoms with Gasteiger partial charge in [-0.25, -0.2) is 8.78 Å². The molecule has 0 saturated carbocycles. The number of aliphatic hydroxyl groups is 1. The minimum atomic E-state index is -4.97. The van der Waals surface area contributed by atoms with Gasteiger partial charge in [0.1, 0.15) is 17.2 Å². The number of nitrogens with zero attached hydrogens (tertiary/aromatic N) is 2. The Morgan fingerprint density at radius 1 is 1.05 bits per heavy atom. The maximum Gasteiger partial charge on any atom is 0.416 e. The molecule has 2 heterocycles. The molecule has 5 rings (SSSR count). The standard InChI is InChI=1S/C26H16Cl2F8N4O2/c1-40-21(22(28)26(34,35)36)14-8-16(37-23(41)9-4-10(25(31,32)33)6-12(30)5-9)17-18(20(14)39-40)24(42)38-19(17)13-7-11(29)2-3-15(13)27/h2-8,19,22-23,37,41H,1H3,(H,38,42). The zero-order valence-corrected chi connectivity index (χ0v) is 22.3. The van der Waals surface area contributed by atoms with E-state index in [0.29, 0.717) is 12.1 Å². The van der Waals surface area contributed by atoms with Gasteiger partial charge in [0.25, 0.3) is 5.91 Å². The lowest BCUT2D eigenvalue weighted by atomic mass is 9.93. The molecule has 0 spiro atoms. The first-order valence-electron chi connectivity index (χ1n) is 11.8. The van der Waals surface area contributed by atoms with Gasteiger partial charge >= 0.3 is 12.4 Å². The zero-order valence-electron chi connectivity index (χ0n) is 20.8. The van der Waals surface area contributed by atoms with Crippen molar-refractivity contribution in [3.8, 4) is 0 Å². The largest absolute Gasteiger partial charge is 0.416 e. The molecule has 4 aromatic rings. The Hall–Kier alpha value is -3.62. The van der Waals surface area contributed by atoms with Crippen molar-refractivity contribution in [2.45, 2.75) is 30.0 Å². The molecule has 0 bridgehead atoms. The molecule has 1 aromatic heterocycles. The van der Waals surface area contributed by atoms with E-state index in [2.05, 4.69) is 15.7 Å². The third kappa shape index (κ3) is 5.22. The molecule has 3 atom stereocenters. The van der Waals surface area contributed by atoms with E-state index >= 15 is 0 Å². The van der Waals surface area contributed by atoms with Crippen molar-refractivity contribution in [3.05, 3.63) is 92.6 Å². The number of amides is 1. The molecule has 3 aromatic carbocycles. The molecule has 6 nitrogen and oxygen atoms in total. The highest BCUT2D eigenvalue weighted by molar-refractivity contribution is 6.31. The number of anilines is 1. The third-order valence-corrected chi connectivity index (χ3v) is 7.46. The number of alkyl halides is 7. The Labute approximate surface area is 240 Å². The van der Waals surface area contributed by atoms with Gasteiger partial charge in [-0.15, -0.1) is 11.6 Å². The molecule has 0 fully saturated rings. The zero-order chi connectivity index (χ0) is 30.9. The van der Waals surface area contributed by atoms with Crippen LogP contribution in [0.15, 0.2) is 42.5 Å². The van der Waals surface area contributed by atoms with Gasteiger partial charge in [-0.2, -0.15) is 31.4 Å². The number of carbonyl (C=O) groups excluding carboxylic acids is 1. The fourth-order valence-corrected chi connectivity index (χ4v) is 5.36. The van der Waals surface area contributed by atoms with E-state index in [0.717, 1.165) is 29.9 Å². The fourth-order valence-electron chi connectivity index (χ4n) is 4.88. The van der Waals surface area contributed by atoms with Gasteiger partial charge in [0, 0.05) is 39.8 Å². The fraction of sp³-hybridized carbons (Fsp3) is 0.231. The number of hydrogen-bond acceptors (Lipinski definition) is 4. The molecule has 0 radical (unpaired) electrons. The minimum absolute atomic E-state index is 0.0132. The summed E-state index contributed by atoms with van der Waals surface area (Å²) in [5, 5.41) is 17.0. The Morgan fingerprint density at radius 2 is 1.74 bits per heavy atom. The highest BCUT2D eigenvalue weighted by Gasteiger charge is 2.44. The van der Waals surface area contributed by atoms with E-state index in [1.54, 1.807) is 0 Å². The smallest absolute Gasteiger partial charge is 0.369 e. The van der Waals surface area contributed by atoms with Crippen LogP contribution in [0.4, 0.5) is 40.8 Å². The molecule has 16 heteroatoms. The summed E-state index contributed by atoms with van der Waals surface area (Å²) in [6.45, 7) is 0. The van der Waals surface area contributed by atoms with Crippen LogP contribution in [0.25, 0.3) is 10.9 Å². The summed E-state index contributed by atoms with van der Waals surface area (Å²) in [6, 6.07) is 4.35. The third-order valence-electron chi connectivity index (χ3n) is 6.66. The molecular weight excluding hydrogens is 623 g/mol. The van der Waals surface area contributed by atoms with E-state index in [4.69, 9.17) is 23.2 Å². The molecule has 0 aliphatic carbocycles. The SMILES string of the molecule is Cn1nc2c3c(c(NC(O)c4cc(F)cc(C(F)(F)F)c4)cc2c1C(Cl)C(F)(F)F)C(c1cc(F)ccc1Cl)NC3=O. The molecule has 0 saturated heterocycles. The first-order valence-corrected chi connectivity index (χ1v) is 12.6. The van der Waals surface area contributed by atoms with Crippen LogP contribution < -0.4 is 10.6 Å². The predicted molar refractivity (Wildman–Crippen MR) is 136 cm³/mol. The second-order valence-corrected chi connectivity index (χ2v) is 10.3. The van der Waals surface area contributed by atoms with Crippen LogP contribution in [0, 0.1) is 11.6 Å². The van der Waals surface area contributed by atoms with Crippen molar-refractivity contribution in [1.82, 2.24) is 15.1 Å². The van der Waals surface area contributed by atoms with Crippen LogP contribution in [0.2, 0.25) is 5.02 Å². The Balaban J connectivity index is 1.75. The van der Waals surface area contributed by atoms with Crippen LogP contribution in [0.3, 0.4) is 0 Å². The number of benzene rings is 3. The molecular formula is C26H16Cl2F8N4O2. The number of halogens is 10. The summed E-state index contributed by atoms with van der Waals surface area (Å²) in [7, 11) is 1.16. The van der Waals surface area contributed by atoms with Crippen LogP contribution in [-0.2, 0) is 13.2 Å². The van der Waals surface area contributed by atoms with Crippen LogP contribution in [0.1, 0.15) is 56.0 Å². The molecule has 3 unspecified atom stereocenters. The monoisotopic (exact) mass is 638 g/mol. The number of carbonyl (C=O) groups is 1. The van der Waals surface area contributed by atoms with Crippen LogP contribution >= 0.6 is 23.2 Å². The van der Waals surface area contributed by atoms with Gasteiger partial charge in [0.2, 0.25) is 0 Å². The molecule has 3 N–H and O–H groups in total. The summed E-state index contributed by atoms with van der Waals surface area (Å²) in [4.78, 5) is 13.2. The lowest BCUT2D eigenvalue weighted by Crippen LogP contribution is -2.21. The first-order chi connectivity index (χ1) is 19.5. The second-order valence-electron chi connectivity index (χ2n) is 9.41. The average molecular weight is 639 g/mol. The Bertz CT molecular complexity index is 1740. The van der Waals surface area contributed by atoms with Gasteiger partial charge in [0.15, 0.2) is 11.6 Å². The second kappa shape index (κ2) is 10.3. The van der Waals surface area contributed by atoms with Crippen molar-refractivity contribution < 1.29 is 45.0 Å². The van der Waals surface area contributed by atoms with Gasteiger partial charge in [-0.1, -0.05) is 11.6 Å². The normalized spacial score (nSPS) is 16.9. The van der Waals surface area contributed by atoms with E-state index in [1.165, 1.54) is 6.07 Å². The van der Waals surface area contributed by atoms with E-state index in [1.807, 2.05) is 0 Å². The summed E-state index contributed by atoms with van der Waals surface area (Å²) in [5.74, 6) is -2.93. The predicted octanol–water partition coefficient (Wildman–Crippen LogP) is 7.30. The summed E-state index contributed by atoms with van der Waals surface area (Å²) in [6.07, 6.45) is -12.0. The first kappa shape index (κ1) is 29.9. The van der Waals surface area contributed by atoms with Crippen LogP contribution in [-0.4, -0.2) is 27.0 Å². The maximum absolute atomic E-state index is 14.2. The topological polar surface area (TPSA) is 79.2 Å². The average Bonchev–Trinajstić information content (AvgIpc) is 3.39. The lowest BCUT2D eigenvalue weighted by Gasteiger charge is -2.22. The van der Waals surface area contributed by atoms with Crippen LogP contribution in [0.5, 0.6) is 0 Å². The number of hydrogen-bond donors (Lipinski definition) is 3. The van der Waals surface area contributed by atoms with Gasteiger partial charge in [-0.3, -0.25) is 9.48 Å². The van der Waals surface area contributed by atoms with Crippen molar-refractivity contribution in [2.24, 2.45) is 7.05 Å². The number of rotatable bonds is 5. The number of aromatic nitrogens is 2. The number of fused-ring (bicyclic) bond motifs is 3. The Kier molecular flexibility index (Phi) is 7.31. The van der Waals surface area contributed by atoms with Crippen molar-refractivity contribution in [2.75, 3.05) is 5.32 Å². The number of aliphatic hydroxyl groups excluding tert-OH is 1. The molecule has 1 aliphatic heterocycles. The minimum Gasteiger partial charge on any atom is -0.369 e.